The standard InChI is InChI=1S/C13H17N3O/c1-2-14-13(15-3-1)17-12-10-4-9-5-11(12)8-16(6-9)7-10/h1-3,9-12H,4-8H2/t9?,10-,11-,12?/m0/s1. The normalized spacial score (nSPS) is 42.7. The zero-order chi connectivity index (χ0) is 11.2. The highest BCUT2D eigenvalue weighted by Gasteiger charge is 2.48. The number of piperidine rings is 3. The minimum atomic E-state index is 0.352. The SMILES string of the molecule is c1cnc(OC2[C@H]3CC4C[C@H]2CN(C4)C3)nc1. The molecule has 3 saturated heterocycles. The highest BCUT2D eigenvalue weighted by atomic mass is 16.5. The van der Waals surface area contributed by atoms with Crippen LogP contribution in [0.5, 0.6) is 6.01 Å². The third-order valence-corrected chi connectivity index (χ3v) is 4.49. The highest BCUT2D eigenvalue weighted by Crippen LogP contribution is 2.44. The van der Waals surface area contributed by atoms with E-state index in [2.05, 4.69) is 14.9 Å². The van der Waals surface area contributed by atoms with Crippen molar-refractivity contribution < 1.29 is 4.74 Å². The van der Waals surface area contributed by atoms with Crippen LogP contribution in [0, 0.1) is 17.8 Å². The van der Waals surface area contributed by atoms with Crippen molar-refractivity contribution in [2.45, 2.75) is 18.9 Å². The second kappa shape index (κ2) is 3.67. The molecule has 1 aliphatic carbocycles. The predicted molar refractivity (Wildman–Crippen MR) is 62.6 cm³/mol. The lowest BCUT2D eigenvalue weighted by atomic mass is 9.66. The van der Waals surface area contributed by atoms with Crippen LogP contribution < -0.4 is 4.74 Å². The van der Waals surface area contributed by atoms with E-state index in [1.54, 1.807) is 12.4 Å². The minimum absolute atomic E-state index is 0.352. The van der Waals surface area contributed by atoms with Gasteiger partial charge in [-0.2, -0.15) is 0 Å². The summed E-state index contributed by atoms with van der Waals surface area (Å²) in [7, 11) is 0. The number of aromatic nitrogens is 2. The molecule has 5 rings (SSSR count). The molecule has 1 aromatic rings. The van der Waals surface area contributed by atoms with Gasteiger partial charge in [0.15, 0.2) is 0 Å². The number of ether oxygens (including phenoxy) is 1. The fourth-order valence-corrected chi connectivity index (χ4v) is 4.02. The van der Waals surface area contributed by atoms with Gasteiger partial charge >= 0.3 is 6.01 Å². The molecule has 0 radical (unpaired) electrons. The molecule has 1 saturated carbocycles. The monoisotopic (exact) mass is 231 g/mol. The largest absolute Gasteiger partial charge is 0.459 e. The summed E-state index contributed by atoms with van der Waals surface area (Å²) >= 11 is 0. The molecule has 0 aromatic carbocycles. The van der Waals surface area contributed by atoms with Crippen molar-refractivity contribution in [3.8, 4) is 6.01 Å². The topological polar surface area (TPSA) is 38.2 Å². The molecule has 2 atom stereocenters. The van der Waals surface area contributed by atoms with Crippen LogP contribution in [0.3, 0.4) is 0 Å². The lowest BCUT2D eigenvalue weighted by molar-refractivity contribution is -0.101. The van der Waals surface area contributed by atoms with E-state index in [-0.39, 0.29) is 0 Å². The molecular weight excluding hydrogens is 214 g/mol. The van der Waals surface area contributed by atoms with E-state index in [0.29, 0.717) is 24.0 Å². The molecule has 0 N–H and O–H groups in total. The molecule has 0 unspecified atom stereocenters. The van der Waals surface area contributed by atoms with Crippen LogP contribution in [0.25, 0.3) is 0 Å². The van der Waals surface area contributed by atoms with Gasteiger partial charge in [-0.1, -0.05) is 0 Å². The first kappa shape index (κ1) is 9.83. The quantitative estimate of drug-likeness (QED) is 0.766. The lowest BCUT2D eigenvalue weighted by Gasteiger charge is -2.55. The Morgan fingerprint density at radius 2 is 1.76 bits per heavy atom. The molecule has 4 aliphatic rings. The summed E-state index contributed by atoms with van der Waals surface area (Å²) in [4.78, 5) is 11.0. The summed E-state index contributed by atoms with van der Waals surface area (Å²) in [5.74, 6) is 2.32. The van der Waals surface area contributed by atoms with Crippen LogP contribution in [-0.4, -0.2) is 40.6 Å². The van der Waals surface area contributed by atoms with Gasteiger partial charge in [-0.3, -0.25) is 0 Å². The van der Waals surface area contributed by atoms with Gasteiger partial charge in [0.1, 0.15) is 6.10 Å². The summed E-state index contributed by atoms with van der Waals surface area (Å²) in [5.41, 5.74) is 0. The van der Waals surface area contributed by atoms with Gasteiger partial charge in [0.05, 0.1) is 0 Å². The van der Waals surface area contributed by atoms with Crippen molar-refractivity contribution in [3.63, 3.8) is 0 Å². The lowest BCUT2D eigenvalue weighted by Crippen LogP contribution is -2.61. The average Bonchev–Trinajstić information content (AvgIpc) is 2.34. The van der Waals surface area contributed by atoms with Gasteiger partial charge in [0.2, 0.25) is 0 Å². The average molecular weight is 231 g/mol. The maximum Gasteiger partial charge on any atom is 0.316 e. The molecule has 1 aromatic heterocycles. The van der Waals surface area contributed by atoms with E-state index >= 15 is 0 Å². The molecule has 4 heterocycles. The van der Waals surface area contributed by atoms with Crippen molar-refractivity contribution in [1.29, 1.82) is 0 Å². The number of rotatable bonds is 2. The van der Waals surface area contributed by atoms with Crippen molar-refractivity contribution in [3.05, 3.63) is 18.5 Å². The van der Waals surface area contributed by atoms with Crippen molar-refractivity contribution in [2.75, 3.05) is 19.6 Å². The van der Waals surface area contributed by atoms with E-state index in [9.17, 15) is 0 Å². The molecule has 17 heavy (non-hydrogen) atoms. The fraction of sp³-hybridized carbons (Fsp3) is 0.692. The molecule has 4 nitrogen and oxygen atoms in total. The van der Waals surface area contributed by atoms with Gasteiger partial charge in [0.25, 0.3) is 0 Å². The third kappa shape index (κ3) is 1.62. The Balaban J connectivity index is 1.55. The Morgan fingerprint density at radius 3 is 2.41 bits per heavy atom. The van der Waals surface area contributed by atoms with Gasteiger partial charge in [-0.25, -0.2) is 9.97 Å². The van der Waals surface area contributed by atoms with E-state index in [1.807, 2.05) is 6.07 Å². The summed E-state index contributed by atoms with van der Waals surface area (Å²) in [6.07, 6.45) is 6.53. The highest BCUT2D eigenvalue weighted by molar-refractivity contribution is 5.03. The summed E-state index contributed by atoms with van der Waals surface area (Å²) in [6.45, 7) is 3.75. The number of nitrogens with zero attached hydrogens (tertiary/aromatic N) is 3. The summed E-state index contributed by atoms with van der Waals surface area (Å²) in [5, 5.41) is 0. The molecule has 0 spiro atoms. The zero-order valence-electron chi connectivity index (χ0n) is 9.83. The second-order valence-electron chi connectivity index (χ2n) is 5.69. The van der Waals surface area contributed by atoms with Crippen LogP contribution in [0.15, 0.2) is 18.5 Å². The van der Waals surface area contributed by atoms with E-state index in [0.717, 1.165) is 5.92 Å². The fourth-order valence-electron chi connectivity index (χ4n) is 4.02. The van der Waals surface area contributed by atoms with Crippen LogP contribution >= 0.6 is 0 Å². The molecule has 0 amide bonds. The molecule has 3 aliphatic heterocycles. The van der Waals surface area contributed by atoms with E-state index in [4.69, 9.17) is 4.74 Å². The van der Waals surface area contributed by atoms with Crippen LogP contribution in [0.1, 0.15) is 12.8 Å². The maximum absolute atomic E-state index is 6.04. The van der Waals surface area contributed by atoms with Crippen LogP contribution in [-0.2, 0) is 0 Å². The first-order chi connectivity index (χ1) is 8.38. The Morgan fingerprint density at radius 1 is 1.06 bits per heavy atom. The van der Waals surface area contributed by atoms with Crippen molar-refractivity contribution in [1.82, 2.24) is 14.9 Å². The smallest absolute Gasteiger partial charge is 0.316 e. The number of hydrogen-bond acceptors (Lipinski definition) is 4. The van der Waals surface area contributed by atoms with Crippen LogP contribution in [0.4, 0.5) is 0 Å². The van der Waals surface area contributed by atoms with Gasteiger partial charge < -0.3 is 9.64 Å². The van der Waals surface area contributed by atoms with Crippen molar-refractivity contribution in [2.24, 2.45) is 17.8 Å². The van der Waals surface area contributed by atoms with Gasteiger partial charge in [-0.05, 0) is 24.8 Å². The molecular formula is C13H17N3O. The molecule has 90 valence electrons. The second-order valence-corrected chi connectivity index (χ2v) is 5.69. The Bertz CT molecular complexity index is 380. The molecule has 4 bridgehead atoms. The Kier molecular flexibility index (Phi) is 2.12. The Labute approximate surface area is 101 Å². The summed E-state index contributed by atoms with van der Waals surface area (Å²) in [6, 6.07) is 2.38. The first-order valence-electron chi connectivity index (χ1n) is 6.54. The maximum atomic E-state index is 6.04. The number of hydrogen-bond donors (Lipinski definition) is 0. The zero-order valence-corrected chi connectivity index (χ0v) is 9.83. The van der Waals surface area contributed by atoms with Crippen molar-refractivity contribution >= 4 is 0 Å². The molecule has 4 heteroatoms. The van der Waals surface area contributed by atoms with Gasteiger partial charge in [0, 0.05) is 43.9 Å². The Hall–Kier alpha value is -1.16. The van der Waals surface area contributed by atoms with Gasteiger partial charge in [-0.15, -0.1) is 0 Å². The predicted octanol–water partition coefficient (Wildman–Crippen LogP) is 1.20. The van der Waals surface area contributed by atoms with Crippen LogP contribution in [0.2, 0.25) is 0 Å². The minimum Gasteiger partial charge on any atom is -0.459 e. The molecule has 4 fully saturated rings. The van der Waals surface area contributed by atoms with E-state index in [1.165, 1.54) is 32.5 Å². The van der Waals surface area contributed by atoms with E-state index < -0.39 is 0 Å². The third-order valence-electron chi connectivity index (χ3n) is 4.49. The first-order valence-corrected chi connectivity index (χ1v) is 6.54. The summed E-state index contributed by atoms with van der Waals surface area (Å²) < 4.78 is 6.04.